The fourth-order valence-electron chi connectivity index (χ4n) is 4.25. The first-order valence-electron chi connectivity index (χ1n) is 9.26. The van der Waals surface area contributed by atoms with Crippen LogP contribution < -0.4 is 16.0 Å². The lowest BCUT2D eigenvalue weighted by atomic mass is 9.93. The van der Waals surface area contributed by atoms with E-state index in [1.807, 2.05) is 0 Å². The molecule has 26 heavy (non-hydrogen) atoms. The van der Waals surface area contributed by atoms with E-state index in [0.717, 1.165) is 6.42 Å². The molecule has 1 fully saturated rings. The Bertz CT molecular complexity index is 773. The number of allylic oxidation sites excluding steroid dienone is 2. The van der Waals surface area contributed by atoms with Gasteiger partial charge in [-0.25, -0.2) is 0 Å². The average Bonchev–Trinajstić information content (AvgIpc) is 3.23. The summed E-state index contributed by atoms with van der Waals surface area (Å²) in [6.45, 7) is 0.693. The van der Waals surface area contributed by atoms with Gasteiger partial charge in [0, 0.05) is 13.0 Å². The van der Waals surface area contributed by atoms with Crippen LogP contribution in [-0.2, 0) is 9.59 Å². The number of amides is 3. The van der Waals surface area contributed by atoms with Gasteiger partial charge in [0.2, 0.25) is 11.8 Å². The molecule has 4 atom stereocenters. The minimum absolute atomic E-state index is 0.0689. The molecule has 2 bridgehead atoms. The molecule has 1 heterocycles. The van der Waals surface area contributed by atoms with Crippen molar-refractivity contribution < 1.29 is 14.4 Å². The molecule has 1 saturated carbocycles. The number of hydrogen-bond donors (Lipinski definition) is 3. The van der Waals surface area contributed by atoms with E-state index in [-0.39, 0.29) is 30.6 Å². The summed E-state index contributed by atoms with van der Waals surface area (Å²) in [4.78, 5) is 36.8. The van der Waals surface area contributed by atoms with Crippen LogP contribution in [0.15, 0.2) is 36.4 Å². The lowest BCUT2D eigenvalue weighted by Crippen LogP contribution is -2.42. The van der Waals surface area contributed by atoms with Gasteiger partial charge in [-0.2, -0.15) is 0 Å². The quantitative estimate of drug-likeness (QED) is 0.706. The fourth-order valence-corrected chi connectivity index (χ4v) is 4.25. The molecule has 4 rings (SSSR count). The summed E-state index contributed by atoms with van der Waals surface area (Å²) in [7, 11) is 0. The normalized spacial score (nSPS) is 28.9. The topological polar surface area (TPSA) is 87.3 Å². The zero-order chi connectivity index (χ0) is 18.1. The van der Waals surface area contributed by atoms with Crippen molar-refractivity contribution >= 4 is 23.4 Å². The lowest BCUT2D eigenvalue weighted by molar-refractivity contribution is -0.122. The maximum Gasteiger partial charge on any atom is 0.254 e. The van der Waals surface area contributed by atoms with Gasteiger partial charge in [-0.15, -0.1) is 0 Å². The van der Waals surface area contributed by atoms with Gasteiger partial charge in [0.25, 0.3) is 5.91 Å². The summed E-state index contributed by atoms with van der Waals surface area (Å²) >= 11 is 0. The Hall–Kier alpha value is -2.63. The second-order valence-electron chi connectivity index (χ2n) is 7.44. The molecule has 136 valence electrons. The third kappa shape index (κ3) is 3.36. The van der Waals surface area contributed by atoms with E-state index in [4.69, 9.17) is 0 Å². The van der Waals surface area contributed by atoms with Crippen LogP contribution in [0, 0.1) is 17.8 Å². The molecule has 3 aliphatic rings. The third-order valence-corrected chi connectivity index (χ3v) is 5.69. The monoisotopic (exact) mass is 353 g/mol. The molecule has 6 heteroatoms. The lowest BCUT2D eigenvalue weighted by Gasteiger charge is -2.19. The van der Waals surface area contributed by atoms with Crippen molar-refractivity contribution in [2.75, 3.05) is 11.9 Å². The maximum atomic E-state index is 12.3. The number of para-hydroxylation sites is 1. The highest BCUT2D eigenvalue weighted by Gasteiger charge is 2.35. The molecule has 0 spiro atoms. The number of carbonyl (C=O) groups excluding carboxylic acids is 3. The van der Waals surface area contributed by atoms with Gasteiger partial charge >= 0.3 is 0 Å². The largest absolute Gasteiger partial charge is 0.356 e. The van der Waals surface area contributed by atoms with Crippen LogP contribution in [-0.4, -0.2) is 30.3 Å². The molecule has 3 amide bonds. The highest BCUT2D eigenvalue weighted by atomic mass is 16.2. The molecule has 1 aromatic carbocycles. The zero-order valence-corrected chi connectivity index (χ0v) is 14.5. The van der Waals surface area contributed by atoms with Gasteiger partial charge in [0.15, 0.2) is 0 Å². The molecule has 0 radical (unpaired) electrons. The molecule has 4 unspecified atom stereocenters. The van der Waals surface area contributed by atoms with Gasteiger partial charge in [-0.05, 0) is 49.1 Å². The Kier molecular flexibility index (Phi) is 4.49. The third-order valence-electron chi connectivity index (χ3n) is 5.69. The molecule has 0 aromatic heterocycles. The SMILES string of the molecule is O=C(CCC1NC(=O)c2ccccc2NC1=O)NCC1CC2C=CC1C2. The van der Waals surface area contributed by atoms with E-state index in [2.05, 4.69) is 28.1 Å². The van der Waals surface area contributed by atoms with Crippen molar-refractivity contribution in [1.82, 2.24) is 10.6 Å². The van der Waals surface area contributed by atoms with Crippen molar-refractivity contribution in [3.8, 4) is 0 Å². The molecular weight excluding hydrogens is 330 g/mol. The van der Waals surface area contributed by atoms with Crippen LogP contribution in [0.5, 0.6) is 0 Å². The van der Waals surface area contributed by atoms with Crippen molar-refractivity contribution in [2.24, 2.45) is 17.8 Å². The minimum Gasteiger partial charge on any atom is -0.356 e. The molecular formula is C20H23N3O3. The van der Waals surface area contributed by atoms with Gasteiger partial charge in [-0.1, -0.05) is 24.3 Å². The molecule has 6 nitrogen and oxygen atoms in total. The van der Waals surface area contributed by atoms with Crippen LogP contribution in [0.4, 0.5) is 5.69 Å². The van der Waals surface area contributed by atoms with E-state index < -0.39 is 6.04 Å². The minimum atomic E-state index is -0.703. The second-order valence-corrected chi connectivity index (χ2v) is 7.44. The number of benzene rings is 1. The smallest absolute Gasteiger partial charge is 0.254 e. The first kappa shape index (κ1) is 16.8. The number of nitrogens with one attached hydrogen (secondary N) is 3. The van der Waals surface area contributed by atoms with E-state index in [0.29, 0.717) is 35.5 Å². The fraction of sp³-hybridized carbons (Fsp3) is 0.450. The van der Waals surface area contributed by atoms with Crippen molar-refractivity contribution in [1.29, 1.82) is 0 Å². The standard InChI is InChI=1S/C20H23N3O3/c24-18(21-11-14-10-12-5-6-13(14)9-12)8-7-17-20(26)22-16-4-2-1-3-15(16)19(25)23-17/h1-6,12-14,17H,7-11H2,(H,21,24)(H,22,26)(H,23,25). The maximum absolute atomic E-state index is 12.3. The number of carbonyl (C=O) groups is 3. The molecule has 2 aliphatic carbocycles. The number of hydrogen-bond acceptors (Lipinski definition) is 3. The van der Waals surface area contributed by atoms with Crippen molar-refractivity contribution in [3.63, 3.8) is 0 Å². The van der Waals surface area contributed by atoms with Crippen LogP contribution >= 0.6 is 0 Å². The number of rotatable bonds is 5. The average molecular weight is 353 g/mol. The molecule has 1 aliphatic heterocycles. The van der Waals surface area contributed by atoms with Gasteiger partial charge < -0.3 is 16.0 Å². The van der Waals surface area contributed by atoms with Crippen LogP contribution in [0.1, 0.15) is 36.0 Å². The first-order valence-corrected chi connectivity index (χ1v) is 9.26. The van der Waals surface area contributed by atoms with E-state index >= 15 is 0 Å². The summed E-state index contributed by atoms with van der Waals surface area (Å²) in [5, 5.41) is 8.47. The molecule has 1 aromatic rings. The Labute approximate surface area is 152 Å². The first-order chi connectivity index (χ1) is 12.6. The number of fused-ring (bicyclic) bond motifs is 3. The molecule has 0 saturated heterocycles. The summed E-state index contributed by atoms with van der Waals surface area (Å²) in [6.07, 6.45) is 7.43. The second kappa shape index (κ2) is 6.94. The van der Waals surface area contributed by atoms with Crippen LogP contribution in [0.2, 0.25) is 0 Å². The van der Waals surface area contributed by atoms with Crippen molar-refractivity contribution in [3.05, 3.63) is 42.0 Å². The van der Waals surface area contributed by atoms with Crippen molar-refractivity contribution in [2.45, 2.75) is 31.7 Å². The number of anilines is 1. The Morgan fingerprint density at radius 2 is 2.00 bits per heavy atom. The summed E-state index contributed by atoms with van der Waals surface area (Å²) < 4.78 is 0. The van der Waals surface area contributed by atoms with E-state index in [1.54, 1.807) is 24.3 Å². The van der Waals surface area contributed by atoms with Crippen LogP contribution in [0.3, 0.4) is 0 Å². The highest BCUT2D eigenvalue weighted by Crippen LogP contribution is 2.42. The predicted octanol–water partition coefficient (Wildman–Crippen LogP) is 1.85. The van der Waals surface area contributed by atoms with Gasteiger partial charge in [-0.3, -0.25) is 14.4 Å². The predicted molar refractivity (Wildman–Crippen MR) is 97.4 cm³/mol. The Morgan fingerprint density at radius 1 is 1.15 bits per heavy atom. The zero-order valence-electron chi connectivity index (χ0n) is 14.5. The highest BCUT2D eigenvalue weighted by molar-refractivity contribution is 6.09. The molecule has 3 N–H and O–H groups in total. The summed E-state index contributed by atoms with van der Waals surface area (Å²) in [5.41, 5.74) is 0.948. The Balaban J connectivity index is 1.27. The Morgan fingerprint density at radius 3 is 2.77 bits per heavy atom. The van der Waals surface area contributed by atoms with E-state index in [1.165, 1.54) is 6.42 Å². The summed E-state index contributed by atoms with van der Waals surface area (Å²) in [5.74, 6) is 1.18. The van der Waals surface area contributed by atoms with Gasteiger partial charge in [0.05, 0.1) is 11.3 Å². The summed E-state index contributed by atoms with van der Waals surface area (Å²) in [6, 6.07) is 6.19. The van der Waals surface area contributed by atoms with Crippen LogP contribution in [0.25, 0.3) is 0 Å². The van der Waals surface area contributed by atoms with Gasteiger partial charge in [0.1, 0.15) is 6.04 Å². The van der Waals surface area contributed by atoms with E-state index in [9.17, 15) is 14.4 Å².